The van der Waals surface area contributed by atoms with Crippen molar-refractivity contribution in [3.63, 3.8) is 0 Å². The Labute approximate surface area is 88.5 Å². The summed E-state index contributed by atoms with van der Waals surface area (Å²) in [5.41, 5.74) is 0.855. The zero-order chi connectivity index (χ0) is 10.8. The van der Waals surface area contributed by atoms with E-state index in [9.17, 15) is 8.78 Å². The lowest BCUT2D eigenvalue weighted by molar-refractivity contribution is 0.518. The lowest BCUT2D eigenvalue weighted by Crippen LogP contribution is -2.24. The molecule has 1 fully saturated rings. The first-order valence-corrected chi connectivity index (χ1v) is 5.34. The minimum atomic E-state index is -0.416. The summed E-state index contributed by atoms with van der Waals surface area (Å²) >= 11 is 0. The van der Waals surface area contributed by atoms with Crippen LogP contribution in [0.3, 0.4) is 0 Å². The van der Waals surface area contributed by atoms with Gasteiger partial charge < -0.3 is 5.32 Å². The smallest absolute Gasteiger partial charge is 0.129 e. The van der Waals surface area contributed by atoms with Crippen molar-refractivity contribution in [2.45, 2.75) is 32.2 Å². The predicted molar refractivity (Wildman–Crippen MR) is 55.8 cm³/mol. The van der Waals surface area contributed by atoms with E-state index in [-0.39, 0.29) is 11.6 Å². The number of halogens is 2. The van der Waals surface area contributed by atoms with Gasteiger partial charge in [-0.2, -0.15) is 0 Å². The van der Waals surface area contributed by atoms with E-state index in [1.807, 2.05) is 0 Å². The van der Waals surface area contributed by atoms with Crippen LogP contribution in [-0.4, -0.2) is 12.6 Å². The summed E-state index contributed by atoms with van der Waals surface area (Å²) < 4.78 is 27.0. The van der Waals surface area contributed by atoms with Gasteiger partial charge in [-0.15, -0.1) is 0 Å². The van der Waals surface area contributed by atoms with Crippen LogP contribution in [0.1, 0.15) is 24.0 Å². The van der Waals surface area contributed by atoms with Gasteiger partial charge in [-0.05, 0) is 50.4 Å². The Kier molecular flexibility index (Phi) is 3.00. The van der Waals surface area contributed by atoms with E-state index in [0.717, 1.165) is 19.4 Å². The average molecular weight is 211 g/mol. The van der Waals surface area contributed by atoms with Crippen molar-refractivity contribution in [2.24, 2.45) is 0 Å². The molecule has 1 saturated heterocycles. The summed E-state index contributed by atoms with van der Waals surface area (Å²) in [4.78, 5) is 0. The Hall–Kier alpha value is -0.960. The first-order valence-electron chi connectivity index (χ1n) is 5.34. The van der Waals surface area contributed by atoms with Gasteiger partial charge in [0.25, 0.3) is 0 Å². The molecule has 3 heteroatoms. The largest absolute Gasteiger partial charge is 0.314 e. The molecule has 0 spiro atoms. The fourth-order valence-corrected chi connectivity index (χ4v) is 2.10. The summed E-state index contributed by atoms with van der Waals surface area (Å²) in [6.07, 6.45) is 2.56. The molecule has 1 aromatic rings. The molecule has 0 bridgehead atoms. The summed E-state index contributed by atoms with van der Waals surface area (Å²) in [6.45, 7) is 2.66. The molecule has 15 heavy (non-hydrogen) atoms. The number of nitrogens with one attached hydrogen (secondary N) is 1. The van der Waals surface area contributed by atoms with E-state index in [2.05, 4.69) is 5.32 Å². The highest BCUT2D eigenvalue weighted by atomic mass is 19.1. The molecule has 0 aliphatic carbocycles. The molecule has 82 valence electrons. The van der Waals surface area contributed by atoms with Gasteiger partial charge in [0, 0.05) is 11.6 Å². The van der Waals surface area contributed by atoms with E-state index in [1.165, 1.54) is 12.1 Å². The molecular formula is C12H15F2N. The van der Waals surface area contributed by atoms with Crippen LogP contribution < -0.4 is 5.32 Å². The van der Waals surface area contributed by atoms with Crippen LogP contribution >= 0.6 is 0 Å². The highest BCUT2D eigenvalue weighted by molar-refractivity contribution is 5.26. The van der Waals surface area contributed by atoms with Crippen molar-refractivity contribution in [3.05, 3.63) is 34.9 Å². The van der Waals surface area contributed by atoms with Gasteiger partial charge in [0.05, 0.1) is 0 Å². The van der Waals surface area contributed by atoms with Gasteiger partial charge in [-0.1, -0.05) is 0 Å². The first-order chi connectivity index (χ1) is 7.16. The highest BCUT2D eigenvalue weighted by Gasteiger charge is 2.19. The number of hydrogen-bond donors (Lipinski definition) is 1. The molecule has 1 aliphatic heterocycles. The number of hydrogen-bond acceptors (Lipinski definition) is 1. The SMILES string of the molecule is Cc1cc(F)c(CC2CCCN2)c(F)c1. The maximum absolute atomic E-state index is 13.5. The zero-order valence-electron chi connectivity index (χ0n) is 8.82. The van der Waals surface area contributed by atoms with Crippen molar-refractivity contribution < 1.29 is 8.78 Å². The Morgan fingerprint density at radius 2 is 2.00 bits per heavy atom. The van der Waals surface area contributed by atoms with E-state index in [0.29, 0.717) is 12.0 Å². The molecule has 0 saturated carbocycles. The third-order valence-electron chi connectivity index (χ3n) is 2.90. The Morgan fingerprint density at radius 1 is 1.33 bits per heavy atom. The minimum absolute atomic E-state index is 0.222. The molecule has 1 atom stereocenters. The number of rotatable bonds is 2. The Balaban J connectivity index is 2.19. The van der Waals surface area contributed by atoms with Crippen LogP contribution in [0, 0.1) is 18.6 Å². The van der Waals surface area contributed by atoms with E-state index in [1.54, 1.807) is 6.92 Å². The highest BCUT2D eigenvalue weighted by Crippen LogP contribution is 2.19. The second-order valence-corrected chi connectivity index (χ2v) is 4.20. The normalized spacial score (nSPS) is 20.9. The van der Waals surface area contributed by atoms with Crippen LogP contribution in [0.2, 0.25) is 0 Å². The molecular weight excluding hydrogens is 196 g/mol. The monoisotopic (exact) mass is 211 g/mol. The van der Waals surface area contributed by atoms with E-state index >= 15 is 0 Å². The van der Waals surface area contributed by atoms with Crippen LogP contribution in [-0.2, 0) is 6.42 Å². The van der Waals surface area contributed by atoms with Crippen molar-refractivity contribution in [2.75, 3.05) is 6.54 Å². The fraction of sp³-hybridized carbons (Fsp3) is 0.500. The van der Waals surface area contributed by atoms with Crippen LogP contribution in [0.5, 0.6) is 0 Å². The maximum atomic E-state index is 13.5. The third-order valence-corrected chi connectivity index (χ3v) is 2.90. The molecule has 0 aromatic heterocycles. The molecule has 1 N–H and O–H groups in total. The van der Waals surface area contributed by atoms with Gasteiger partial charge in [0.1, 0.15) is 11.6 Å². The quantitative estimate of drug-likeness (QED) is 0.792. The van der Waals surface area contributed by atoms with Crippen molar-refractivity contribution in [1.29, 1.82) is 0 Å². The average Bonchev–Trinajstić information content (AvgIpc) is 2.63. The number of benzene rings is 1. The van der Waals surface area contributed by atoms with Gasteiger partial charge >= 0.3 is 0 Å². The second kappa shape index (κ2) is 4.27. The number of aryl methyl sites for hydroxylation is 1. The van der Waals surface area contributed by atoms with Crippen LogP contribution in [0.15, 0.2) is 12.1 Å². The van der Waals surface area contributed by atoms with Gasteiger partial charge in [-0.3, -0.25) is 0 Å². The molecule has 2 rings (SSSR count). The Morgan fingerprint density at radius 3 is 2.53 bits per heavy atom. The first kappa shape index (κ1) is 10.6. The Bertz CT molecular complexity index is 334. The lowest BCUT2D eigenvalue weighted by Gasteiger charge is -2.12. The molecule has 0 amide bonds. The predicted octanol–water partition coefficient (Wildman–Crippen LogP) is 2.57. The third kappa shape index (κ3) is 2.34. The summed E-state index contributed by atoms with van der Waals surface area (Å²) in [5, 5.41) is 3.24. The van der Waals surface area contributed by atoms with E-state index < -0.39 is 11.6 Å². The molecule has 1 unspecified atom stereocenters. The van der Waals surface area contributed by atoms with Gasteiger partial charge in [0.15, 0.2) is 0 Å². The molecule has 1 aromatic carbocycles. The molecule has 0 radical (unpaired) electrons. The van der Waals surface area contributed by atoms with Crippen molar-refractivity contribution >= 4 is 0 Å². The summed E-state index contributed by atoms with van der Waals surface area (Å²) in [6, 6.07) is 3.03. The molecule has 1 aliphatic rings. The summed E-state index contributed by atoms with van der Waals surface area (Å²) in [5.74, 6) is -0.831. The molecule has 1 nitrogen and oxygen atoms in total. The van der Waals surface area contributed by atoms with Crippen LogP contribution in [0.25, 0.3) is 0 Å². The van der Waals surface area contributed by atoms with Gasteiger partial charge in [-0.25, -0.2) is 8.78 Å². The lowest BCUT2D eigenvalue weighted by atomic mass is 10.0. The standard InChI is InChI=1S/C12H15F2N/c1-8-5-11(13)10(12(14)6-8)7-9-3-2-4-15-9/h5-6,9,15H,2-4,7H2,1H3. The molecule has 1 heterocycles. The van der Waals surface area contributed by atoms with E-state index in [4.69, 9.17) is 0 Å². The minimum Gasteiger partial charge on any atom is -0.314 e. The second-order valence-electron chi connectivity index (χ2n) is 4.20. The van der Waals surface area contributed by atoms with Crippen LogP contribution in [0.4, 0.5) is 8.78 Å². The zero-order valence-corrected chi connectivity index (χ0v) is 8.82. The fourth-order valence-electron chi connectivity index (χ4n) is 2.10. The topological polar surface area (TPSA) is 12.0 Å². The maximum Gasteiger partial charge on any atom is 0.129 e. The van der Waals surface area contributed by atoms with Crippen molar-refractivity contribution in [3.8, 4) is 0 Å². The van der Waals surface area contributed by atoms with Crippen molar-refractivity contribution in [1.82, 2.24) is 5.32 Å². The summed E-state index contributed by atoms with van der Waals surface area (Å²) in [7, 11) is 0. The van der Waals surface area contributed by atoms with Gasteiger partial charge in [0.2, 0.25) is 0 Å².